The molecule has 21 heavy (non-hydrogen) atoms. The van der Waals surface area contributed by atoms with Crippen LogP contribution in [0, 0.1) is 0 Å². The van der Waals surface area contributed by atoms with Crippen LogP contribution in [0.2, 0.25) is 0 Å². The summed E-state index contributed by atoms with van der Waals surface area (Å²) in [5.74, 6) is -0.404. The van der Waals surface area contributed by atoms with Gasteiger partial charge in [-0.05, 0) is 12.5 Å². The van der Waals surface area contributed by atoms with E-state index in [2.05, 4.69) is 15.4 Å². The topological polar surface area (TPSA) is 87.7 Å². The Balaban J connectivity index is 2.14. The molecule has 0 aromatic heterocycles. The molecule has 1 aromatic carbocycles. The third kappa shape index (κ3) is 3.71. The minimum absolute atomic E-state index is 0.0405. The summed E-state index contributed by atoms with van der Waals surface area (Å²) in [6.45, 7) is 2.08. The predicted molar refractivity (Wildman–Crippen MR) is 74.5 cm³/mol. The van der Waals surface area contributed by atoms with Crippen molar-refractivity contribution in [2.24, 2.45) is 0 Å². The van der Waals surface area contributed by atoms with E-state index < -0.39 is 18.0 Å². The Hall–Kier alpha value is -2.57. The average molecular weight is 291 g/mol. The highest BCUT2D eigenvalue weighted by molar-refractivity contribution is 5.97. The molecule has 1 unspecified atom stereocenters. The Bertz CT molecular complexity index is 516. The lowest BCUT2D eigenvalue weighted by molar-refractivity contribution is -0.126. The van der Waals surface area contributed by atoms with Gasteiger partial charge in [-0.25, -0.2) is 14.5 Å². The van der Waals surface area contributed by atoms with E-state index in [1.165, 1.54) is 0 Å². The third-order valence-electron chi connectivity index (χ3n) is 3.05. The molecule has 0 spiro atoms. The number of cyclic esters (lactones) is 1. The van der Waals surface area contributed by atoms with E-state index >= 15 is 0 Å². The molecule has 1 aliphatic heterocycles. The summed E-state index contributed by atoms with van der Waals surface area (Å²) in [4.78, 5) is 35.9. The lowest BCUT2D eigenvalue weighted by Gasteiger charge is -2.22. The smallest absolute Gasteiger partial charge is 0.417 e. The van der Waals surface area contributed by atoms with Crippen LogP contribution in [0.1, 0.15) is 18.5 Å². The van der Waals surface area contributed by atoms with E-state index in [1.54, 1.807) is 6.92 Å². The molecule has 0 bridgehead atoms. The van der Waals surface area contributed by atoms with Crippen molar-refractivity contribution in [2.45, 2.75) is 13.0 Å². The van der Waals surface area contributed by atoms with Gasteiger partial charge in [-0.3, -0.25) is 4.79 Å². The highest BCUT2D eigenvalue weighted by Gasteiger charge is 2.33. The maximum atomic E-state index is 11.7. The van der Waals surface area contributed by atoms with E-state index in [-0.39, 0.29) is 19.2 Å². The fraction of sp³-hybridized carbons (Fsp3) is 0.357. The number of rotatable bonds is 5. The highest BCUT2D eigenvalue weighted by Crippen LogP contribution is 2.17. The molecule has 1 atom stereocenters. The molecule has 1 heterocycles. The predicted octanol–water partition coefficient (Wildman–Crippen LogP) is 1.03. The molecule has 0 radical (unpaired) electrons. The maximum Gasteiger partial charge on any atom is 0.417 e. The van der Waals surface area contributed by atoms with Gasteiger partial charge < -0.3 is 15.4 Å². The van der Waals surface area contributed by atoms with Crippen molar-refractivity contribution < 1.29 is 19.1 Å². The summed E-state index contributed by atoms with van der Waals surface area (Å²) < 4.78 is 4.68. The lowest BCUT2D eigenvalue weighted by atomic mass is 10.1. The molecular formula is C14H17N3O4. The summed E-state index contributed by atoms with van der Waals surface area (Å²) in [7, 11) is 0. The van der Waals surface area contributed by atoms with Crippen LogP contribution in [-0.2, 0) is 9.53 Å². The molecule has 7 heteroatoms. The summed E-state index contributed by atoms with van der Waals surface area (Å²) in [5.41, 5.74) is 0.802. The third-order valence-corrected chi connectivity index (χ3v) is 3.05. The second kappa shape index (κ2) is 6.74. The van der Waals surface area contributed by atoms with Crippen molar-refractivity contribution in [3.05, 3.63) is 35.9 Å². The van der Waals surface area contributed by atoms with Crippen molar-refractivity contribution in [3.8, 4) is 0 Å². The molecule has 112 valence electrons. The first-order valence-corrected chi connectivity index (χ1v) is 6.68. The second-order valence-corrected chi connectivity index (χ2v) is 4.53. The quantitative estimate of drug-likeness (QED) is 0.848. The summed E-state index contributed by atoms with van der Waals surface area (Å²) in [5, 5.41) is 5.37. The van der Waals surface area contributed by atoms with Gasteiger partial charge in [0.25, 0.3) is 5.91 Å². The van der Waals surface area contributed by atoms with Crippen molar-refractivity contribution in [3.63, 3.8) is 0 Å². The largest absolute Gasteiger partial charge is 0.439 e. The van der Waals surface area contributed by atoms with Gasteiger partial charge in [-0.15, -0.1) is 0 Å². The maximum absolute atomic E-state index is 11.7. The van der Waals surface area contributed by atoms with Gasteiger partial charge in [0.1, 0.15) is 0 Å². The van der Waals surface area contributed by atoms with Crippen LogP contribution in [-0.4, -0.2) is 42.6 Å². The summed E-state index contributed by atoms with van der Waals surface area (Å²) in [6.07, 6.45) is -0.682. The van der Waals surface area contributed by atoms with Crippen molar-refractivity contribution in [1.29, 1.82) is 0 Å². The lowest BCUT2D eigenvalue weighted by Crippen LogP contribution is -2.44. The fourth-order valence-corrected chi connectivity index (χ4v) is 2.03. The van der Waals surface area contributed by atoms with E-state index in [1.807, 2.05) is 30.3 Å². The monoisotopic (exact) mass is 291 g/mol. The average Bonchev–Trinajstić information content (AvgIpc) is 2.79. The summed E-state index contributed by atoms with van der Waals surface area (Å²) in [6, 6.07) is 8.30. The minimum Gasteiger partial charge on any atom is -0.439 e. The van der Waals surface area contributed by atoms with Crippen molar-refractivity contribution >= 4 is 18.0 Å². The number of nitrogens with zero attached hydrogens (tertiary/aromatic N) is 1. The van der Waals surface area contributed by atoms with Crippen LogP contribution >= 0.6 is 0 Å². The van der Waals surface area contributed by atoms with Gasteiger partial charge in [0.05, 0.1) is 12.6 Å². The van der Waals surface area contributed by atoms with Gasteiger partial charge in [-0.1, -0.05) is 30.3 Å². The van der Waals surface area contributed by atoms with Gasteiger partial charge in [0, 0.05) is 6.54 Å². The Kier molecular flexibility index (Phi) is 4.76. The molecule has 0 aliphatic carbocycles. The molecule has 1 aromatic rings. The molecular weight excluding hydrogens is 274 g/mol. The zero-order valence-electron chi connectivity index (χ0n) is 11.7. The van der Waals surface area contributed by atoms with E-state index in [4.69, 9.17) is 0 Å². The number of ether oxygens (including phenoxy) is 1. The van der Waals surface area contributed by atoms with Crippen LogP contribution in [0.4, 0.5) is 9.59 Å². The summed E-state index contributed by atoms with van der Waals surface area (Å²) >= 11 is 0. The van der Waals surface area contributed by atoms with Crippen molar-refractivity contribution in [2.75, 3.05) is 19.7 Å². The highest BCUT2D eigenvalue weighted by atomic mass is 16.6. The normalized spacial score (nSPS) is 15.6. The van der Waals surface area contributed by atoms with Crippen LogP contribution in [0.25, 0.3) is 0 Å². The zero-order chi connectivity index (χ0) is 15.2. The molecule has 7 nitrogen and oxygen atoms in total. The minimum atomic E-state index is -0.682. The molecule has 2 N–H and O–H groups in total. The van der Waals surface area contributed by atoms with Crippen LogP contribution < -0.4 is 10.6 Å². The fourth-order valence-electron chi connectivity index (χ4n) is 2.03. The number of urea groups is 1. The number of nitrogens with one attached hydrogen (secondary N) is 2. The Morgan fingerprint density at radius 1 is 1.33 bits per heavy atom. The molecule has 2 rings (SSSR count). The molecule has 0 saturated carbocycles. The van der Waals surface area contributed by atoms with Gasteiger partial charge >= 0.3 is 12.1 Å². The number of carbonyl (C=O) groups excluding carboxylic acids is 3. The molecule has 1 fully saturated rings. The number of amides is 4. The number of benzene rings is 1. The van der Waals surface area contributed by atoms with Crippen LogP contribution in [0.15, 0.2) is 30.3 Å². The number of carbonyl (C=O) groups is 3. The van der Waals surface area contributed by atoms with Crippen LogP contribution in [0.5, 0.6) is 0 Å². The van der Waals surface area contributed by atoms with E-state index in [0.29, 0.717) is 6.54 Å². The molecule has 4 amide bonds. The SMILES string of the molecule is CCNC(=O)NC(CN1C(=O)COC1=O)c1ccccc1. The van der Waals surface area contributed by atoms with Gasteiger partial charge in [0.2, 0.25) is 0 Å². The van der Waals surface area contributed by atoms with E-state index in [0.717, 1.165) is 10.5 Å². The number of hydrogen-bond donors (Lipinski definition) is 2. The Morgan fingerprint density at radius 2 is 2.05 bits per heavy atom. The standard InChI is InChI=1S/C14H17N3O4/c1-2-15-13(19)16-11(10-6-4-3-5-7-10)8-17-12(18)9-21-14(17)20/h3-7,11H,2,8-9H2,1H3,(H2,15,16,19). The number of imide groups is 1. The van der Waals surface area contributed by atoms with Crippen LogP contribution in [0.3, 0.4) is 0 Å². The first kappa shape index (κ1) is 14.8. The Labute approximate surface area is 122 Å². The van der Waals surface area contributed by atoms with Gasteiger partial charge in [0.15, 0.2) is 6.61 Å². The number of hydrogen-bond acceptors (Lipinski definition) is 4. The molecule has 1 saturated heterocycles. The Morgan fingerprint density at radius 3 is 2.62 bits per heavy atom. The second-order valence-electron chi connectivity index (χ2n) is 4.53. The zero-order valence-corrected chi connectivity index (χ0v) is 11.7. The van der Waals surface area contributed by atoms with E-state index in [9.17, 15) is 14.4 Å². The first-order chi connectivity index (χ1) is 10.1. The van der Waals surface area contributed by atoms with Crippen molar-refractivity contribution in [1.82, 2.24) is 15.5 Å². The first-order valence-electron chi connectivity index (χ1n) is 6.68. The van der Waals surface area contributed by atoms with Gasteiger partial charge in [-0.2, -0.15) is 0 Å². The molecule has 1 aliphatic rings.